The Balaban J connectivity index is 1.74. The van der Waals surface area contributed by atoms with Gasteiger partial charge in [0, 0.05) is 40.0 Å². The smallest absolute Gasteiger partial charge is 0.258 e. The number of carbonyl (C=O) groups excluding carboxylic acids is 1. The van der Waals surface area contributed by atoms with Gasteiger partial charge in [-0.3, -0.25) is 14.8 Å². The lowest BCUT2D eigenvalue weighted by atomic mass is 10.1. The van der Waals surface area contributed by atoms with Crippen molar-refractivity contribution in [2.45, 2.75) is 11.8 Å². The van der Waals surface area contributed by atoms with Gasteiger partial charge in [-0.15, -0.1) is 11.8 Å². The van der Waals surface area contributed by atoms with Crippen LogP contribution in [0.25, 0.3) is 10.9 Å². The van der Waals surface area contributed by atoms with Crippen LogP contribution < -0.4 is 4.90 Å². The van der Waals surface area contributed by atoms with Crippen molar-refractivity contribution in [2.24, 2.45) is 0 Å². The Kier molecular flexibility index (Phi) is 3.50. The predicted molar refractivity (Wildman–Crippen MR) is 93.1 cm³/mol. The maximum Gasteiger partial charge on any atom is 0.258 e. The average molecular weight is 321 g/mol. The Morgan fingerprint density at radius 2 is 2.13 bits per heavy atom. The highest BCUT2D eigenvalue weighted by Gasteiger charge is 2.24. The number of rotatable bonds is 1. The molecular formula is C18H15N3OS. The van der Waals surface area contributed by atoms with Crippen molar-refractivity contribution < 1.29 is 4.79 Å². The molecule has 114 valence electrons. The summed E-state index contributed by atoms with van der Waals surface area (Å²) in [7, 11) is 0. The van der Waals surface area contributed by atoms with Crippen LogP contribution in [0.1, 0.15) is 16.1 Å². The van der Waals surface area contributed by atoms with E-state index < -0.39 is 0 Å². The molecule has 0 spiro atoms. The van der Waals surface area contributed by atoms with Gasteiger partial charge in [-0.2, -0.15) is 0 Å². The van der Waals surface area contributed by atoms with Gasteiger partial charge in [0.15, 0.2) is 0 Å². The van der Waals surface area contributed by atoms with Crippen LogP contribution in [0.5, 0.6) is 0 Å². The molecule has 0 N–H and O–H groups in total. The Bertz CT molecular complexity index is 910. The molecule has 0 fully saturated rings. The van der Waals surface area contributed by atoms with Gasteiger partial charge in [0.2, 0.25) is 0 Å². The molecule has 0 saturated heterocycles. The van der Waals surface area contributed by atoms with Crippen LogP contribution in [-0.2, 0) is 0 Å². The minimum absolute atomic E-state index is 0.0158. The molecule has 0 atom stereocenters. The molecule has 0 unspecified atom stereocenters. The molecule has 4 rings (SSSR count). The van der Waals surface area contributed by atoms with Gasteiger partial charge >= 0.3 is 0 Å². The van der Waals surface area contributed by atoms with E-state index in [1.54, 1.807) is 24.2 Å². The number of aromatic nitrogens is 2. The van der Waals surface area contributed by atoms with Gasteiger partial charge in [0.05, 0.1) is 17.4 Å². The normalized spacial score (nSPS) is 13.9. The van der Waals surface area contributed by atoms with E-state index in [0.717, 1.165) is 32.9 Å². The summed E-state index contributed by atoms with van der Waals surface area (Å²) in [5, 5.41) is 0.985. The van der Waals surface area contributed by atoms with Gasteiger partial charge in [-0.05, 0) is 37.3 Å². The molecule has 1 amide bonds. The lowest BCUT2D eigenvalue weighted by Crippen LogP contribution is -2.35. The first kappa shape index (κ1) is 14.2. The third-order valence-corrected chi connectivity index (χ3v) is 4.99. The summed E-state index contributed by atoms with van der Waals surface area (Å²) in [6.45, 7) is 2.67. The van der Waals surface area contributed by atoms with Crippen molar-refractivity contribution in [3.05, 3.63) is 60.0 Å². The van der Waals surface area contributed by atoms with Gasteiger partial charge < -0.3 is 4.90 Å². The summed E-state index contributed by atoms with van der Waals surface area (Å²) in [4.78, 5) is 24.5. The molecule has 23 heavy (non-hydrogen) atoms. The fraction of sp³-hybridized carbons (Fsp3) is 0.167. The van der Waals surface area contributed by atoms with Gasteiger partial charge in [-0.25, -0.2) is 0 Å². The fourth-order valence-electron chi connectivity index (χ4n) is 2.79. The maximum absolute atomic E-state index is 12.9. The minimum atomic E-state index is 0.0158. The minimum Gasteiger partial charge on any atom is -0.305 e. The molecule has 5 heteroatoms. The standard InChI is InChI=1S/C18H15N3OS/c1-12-2-3-13-10-14(4-5-15(13)20-12)18(22)21-8-9-23-17-6-7-19-11-16(17)21/h2-7,10-11H,8-9H2,1H3. The summed E-state index contributed by atoms with van der Waals surface area (Å²) in [5.74, 6) is 0.916. The third kappa shape index (κ3) is 2.57. The predicted octanol–water partition coefficient (Wildman–Crippen LogP) is 3.69. The lowest BCUT2D eigenvalue weighted by Gasteiger charge is -2.28. The molecule has 1 aromatic carbocycles. The lowest BCUT2D eigenvalue weighted by molar-refractivity contribution is 0.0987. The second kappa shape index (κ2) is 5.66. The van der Waals surface area contributed by atoms with E-state index in [-0.39, 0.29) is 5.91 Å². The van der Waals surface area contributed by atoms with Crippen LogP contribution in [0, 0.1) is 6.92 Å². The Labute approximate surface area is 138 Å². The number of hydrogen-bond acceptors (Lipinski definition) is 4. The third-order valence-electron chi connectivity index (χ3n) is 3.95. The number of fused-ring (bicyclic) bond motifs is 2. The van der Waals surface area contributed by atoms with Gasteiger partial charge in [0.25, 0.3) is 5.91 Å². The van der Waals surface area contributed by atoms with Gasteiger partial charge in [-0.1, -0.05) is 6.07 Å². The zero-order valence-corrected chi connectivity index (χ0v) is 13.5. The first-order chi connectivity index (χ1) is 11.2. The molecule has 4 nitrogen and oxygen atoms in total. The molecule has 0 bridgehead atoms. The number of nitrogens with zero attached hydrogens (tertiary/aromatic N) is 3. The highest BCUT2D eigenvalue weighted by atomic mass is 32.2. The molecule has 3 heterocycles. The molecule has 0 radical (unpaired) electrons. The zero-order valence-electron chi connectivity index (χ0n) is 12.7. The SMILES string of the molecule is Cc1ccc2cc(C(=O)N3CCSc4ccncc43)ccc2n1. The number of anilines is 1. The fourth-order valence-corrected chi connectivity index (χ4v) is 3.75. The number of aryl methyl sites for hydroxylation is 1. The molecule has 1 aliphatic rings. The Hall–Kier alpha value is -2.40. The summed E-state index contributed by atoms with van der Waals surface area (Å²) in [6, 6.07) is 11.6. The highest BCUT2D eigenvalue weighted by Crippen LogP contribution is 2.34. The van der Waals surface area contributed by atoms with Crippen molar-refractivity contribution in [3.8, 4) is 0 Å². The van der Waals surface area contributed by atoms with Crippen LogP contribution in [0.2, 0.25) is 0 Å². The number of carbonyl (C=O) groups is 1. The Morgan fingerprint density at radius 1 is 1.22 bits per heavy atom. The molecule has 0 saturated carbocycles. The van der Waals surface area contributed by atoms with E-state index in [1.165, 1.54) is 0 Å². The molecule has 3 aromatic rings. The summed E-state index contributed by atoms with van der Waals surface area (Å²) >= 11 is 1.77. The second-order valence-corrected chi connectivity index (χ2v) is 6.65. The number of thioether (sulfide) groups is 1. The number of benzene rings is 1. The maximum atomic E-state index is 12.9. The van der Waals surface area contributed by atoms with Crippen molar-refractivity contribution in [1.29, 1.82) is 0 Å². The first-order valence-corrected chi connectivity index (χ1v) is 8.47. The van der Waals surface area contributed by atoms with E-state index >= 15 is 0 Å². The second-order valence-electron chi connectivity index (χ2n) is 5.51. The van der Waals surface area contributed by atoms with E-state index in [2.05, 4.69) is 9.97 Å². The summed E-state index contributed by atoms with van der Waals surface area (Å²) in [5.41, 5.74) is 3.48. The van der Waals surface area contributed by atoms with E-state index in [9.17, 15) is 4.79 Å². The zero-order chi connectivity index (χ0) is 15.8. The largest absolute Gasteiger partial charge is 0.305 e. The van der Waals surface area contributed by atoms with Crippen LogP contribution >= 0.6 is 11.8 Å². The molecule has 0 aliphatic carbocycles. The monoisotopic (exact) mass is 321 g/mol. The van der Waals surface area contributed by atoms with E-state index in [1.807, 2.05) is 48.2 Å². The van der Waals surface area contributed by atoms with Crippen molar-refractivity contribution in [1.82, 2.24) is 9.97 Å². The van der Waals surface area contributed by atoms with Crippen molar-refractivity contribution in [3.63, 3.8) is 0 Å². The van der Waals surface area contributed by atoms with Crippen LogP contribution in [0.3, 0.4) is 0 Å². The summed E-state index contributed by atoms with van der Waals surface area (Å²) < 4.78 is 0. The van der Waals surface area contributed by atoms with Crippen LogP contribution in [0.4, 0.5) is 5.69 Å². The van der Waals surface area contributed by atoms with Crippen LogP contribution in [0.15, 0.2) is 53.7 Å². The van der Waals surface area contributed by atoms with Crippen LogP contribution in [-0.4, -0.2) is 28.2 Å². The average Bonchev–Trinajstić information content (AvgIpc) is 2.60. The number of pyridine rings is 2. The summed E-state index contributed by atoms with van der Waals surface area (Å²) in [6.07, 6.45) is 3.54. The van der Waals surface area contributed by atoms with Crippen molar-refractivity contribution >= 4 is 34.3 Å². The molecule has 2 aromatic heterocycles. The Morgan fingerprint density at radius 3 is 3.04 bits per heavy atom. The quantitative estimate of drug-likeness (QED) is 0.686. The van der Waals surface area contributed by atoms with Gasteiger partial charge in [0.1, 0.15) is 0 Å². The number of amides is 1. The topological polar surface area (TPSA) is 46.1 Å². The van der Waals surface area contributed by atoms with E-state index in [4.69, 9.17) is 0 Å². The first-order valence-electron chi connectivity index (χ1n) is 7.48. The van der Waals surface area contributed by atoms with Crippen molar-refractivity contribution in [2.75, 3.05) is 17.2 Å². The molecule has 1 aliphatic heterocycles. The number of hydrogen-bond donors (Lipinski definition) is 0. The highest BCUT2D eigenvalue weighted by molar-refractivity contribution is 7.99. The molecular weight excluding hydrogens is 306 g/mol. The van der Waals surface area contributed by atoms with E-state index in [0.29, 0.717) is 12.1 Å².